The van der Waals surface area contributed by atoms with Crippen molar-refractivity contribution >= 4 is 38.5 Å². The van der Waals surface area contributed by atoms with Gasteiger partial charge in [-0.25, -0.2) is 9.67 Å². The molecule has 0 saturated heterocycles. The van der Waals surface area contributed by atoms with E-state index in [0.717, 1.165) is 32.0 Å². The Morgan fingerprint density at radius 2 is 2.17 bits per heavy atom. The molecule has 1 aromatic carbocycles. The van der Waals surface area contributed by atoms with Crippen molar-refractivity contribution in [3.05, 3.63) is 74.9 Å². The molecule has 0 spiro atoms. The molecular formula is C20H17N7O2S. The molecule has 5 rings (SSSR count). The second-order valence-corrected chi connectivity index (χ2v) is 8.08. The van der Waals surface area contributed by atoms with Gasteiger partial charge in [-0.3, -0.25) is 14.7 Å². The molecule has 0 aliphatic heterocycles. The van der Waals surface area contributed by atoms with Crippen molar-refractivity contribution in [1.29, 1.82) is 0 Å². The van der Waals surface area contributed by atoms with E-state index in [0.29, 0.717) is 17.5 Å². The third-order valence-electron chi connectivity index (χ3n) is 5.00. The highest BCUT2D eigenvalue weighted by Crippen LogP contribution is 2.31. The van der Waals surface area contributed by atoms with Crippen molar-refractivity contribution in [3.8, 4) is 0 Å². The Balaban J connectivity index is 1.55. The van der Waals surface area contributed by atoms with Crippen LogP contribution in [0.1, 0.15) is 26.6 Å². The van der Waals surface area contributed by atoms with Crippen LogP contribution in [0.3, 0.4) is 0 Å². The maximum absolute atomic E-state index is 13.1. The second kappa shape index (κ2) is 6.92. The maximum Gasteiger partial charge on any atom is 0.291 e. The number of primary amides is 1. The van der Waals surface area contributed by atoms with Crippen LogP contribution in [-0.2, 0) is 20.0 Å². The van der Waals surface area contributed by atoms with Gasteiger partial charge in [-0.1, -0.05) is 12.1 Å². The molecule has 3 N–H and O–H groups in total. The molecule has 150 valence electrons. The van der Waals surface area contributed by atoms with Crippen LogP contribution in [0, 0.1) is 0 Å². The van der Waals surface area contributed by atoms with Crippen LogP contribution < -0.4 is 11.3 Å². The predicted octanol–water partition coefficient (Wildman–Crippen LogP) is 1.81. The zero-order valence-electron chi connectivity index (χ0n) is 16.0. The lowest BCUT2D eigenvalue weighted by atomic mass is 10.1. The average molecular weight is 419 g/mol. The number of carbonyl (C=O) groups excluding carboxylic acids is 1. The summed E-state index contributed by atoms with van der Waals surface area (Å²) in [5.41, 5.74) is 8.53. The molecule has 10 heteroatoms. The summed E-state index contributed by atoms with van der Waals surface area (Å²) in [7, 11) is 1.84. The van der Waals surface area contributed by atoms with E-state index in [1.807, 2.05) is 23.7 Å². The van der Waals surface area contributed by atoms with Crippen LogP contribution in [0.25, 0.3) is 21.3 Å². The van der Waals surface area contributed by atoms with E-state index in [4.69, 9.17) is 10.7 Å². The van der Waals surface area contributed by atoms with Gasteiger partial charge in [0.25, 0.3) is 5.56 Å². The van der Waals surface area contributed by atoms with Crippen LogP contribution in [0.2, 0.25) is 0 Å². The zero-order valence-corrected chi connectivity index (χ0v) is 16.8. The van der Waals surface area contributed by atoms with Gasteiger partial charge in [-0.15, -0.1) is 11.3 Å². The summed E-state index contributed by atoms with van der Waals surface area (Å²) in [6.07, 6.45) is 4.11. The number of H-pyrrole nitrogens is 1. The molecule has 0 unspecified atom stereocenters. The van der Waals surface area contributed by atoms with Gasteiger partial charge in [-0.2, -0.15) is 10.2 Å². The summed E-state index contributed by atoms with van der Waals surface area (Å²) in [4.78, 5) is 29.3. The number of thiazole rings is 1. The van der Waals surface area contributed by atoms with E-state index >= 15 is 0 Å². The highest BCUT2D eigenvalue weighted by atomic mass is 32.1. The summed E-state index contributed by atoms with van der Waals surface area (Å²) < 4.78 is 4.14. The average Bonchev–Trinajstić information content (AvgIpc) is 3.44. The quantitative estimate of drug-likeness (QED) is 0.449. The van der Waals surface area contributed by atoms with Crippen molar-refractivity contribution in [3.63, 3.8) is 0 Å². The molecule has 9 nitrogen and oxygen atoms in total. The number of hydrogen-bond donors (Lipinski definition) is 2. The van der Waals surface area contributed by atoms with Gasteiger partial charge in [0.2, 0.25) is 5.91 Å². The van der Waals surface area contributed by atoms with E-state index in [1.165, 1.54) is 4.68 Å². The molecular weight excluding hydrogens is 402 g/mol. The number of benzene rings is 1. The van der Waals surface area contributed by atoms with Crippen LogP contribution in [0.15, 0.2) is 47.5 Å². The topological polar surface area (TPSA) is 124 Å². The van der Waals surface area contributed by atoms with Crippen molar-refractivity contribution < 1.29 is 4.79 Å². The Morgan fingerprint density at radius 3 is 2.93 bits per heavy atom. The van der Waals surface area contributed by atoms with Gasteiger partial charge in [0.05, 0.1) is 23.1 Å². The third-order valence-corrected chi connectivity index (χ3v) is 6.08. The summed E-state index contributed by atoms with van der Waals surface area (Å²) in [5, 5.41) is 13.0. The number of nitrogens with one attached hydrogen (secondary N) is 1. The minimum Gasteiger partial charge on any atom is -0.366 e. The molecule has 0 fully saturated rings. The first kappa shape index (κ1) is 18.3. The van der Waals surface area contributed by atoms with E-state index in [-0.39, 0.29) is 12.1 Å². The molecule has 0 saturated carbocycles. The first-order chi connectivity index (χ1) is 14.5. The van der Waals surface area contributed by atoms with E-state index in [2.05, 4.69) is 15.3 Å². The fraction of sp³-hybridized carbons (Fsp3) is 0.150. The molecule has 4 aromatic heterocycles. The number of hydrogen-bond acceptors (Lipinski definition) is 6. The maximum atomic E-state index is 13.1. The fourth-order valence-electron chi connectivity index (χ4n) is 3.56. The lowest BCUT2D eigenvalue weighted by molar-refractivity contribution is 0.1000. The monoisotopic (exact) mass is 419 g/mol. The van der Waals surface area contributed by atoms with Crippen molar-refractivity contribution in [1.82, 2.24) is 29.5 Å². The Kier molecular flexibility index (Phi) is 4.21. The minimum absolute atomic E-state index is 0.210. The highest BCUT2D eigenvalue weighted by molar-refractivity contribution is 7.19. The first-order valence-electron chi connectivity index (χ1n) is 9.22. The number of aromatic amines is 1. The van der Waals surface area contributed by atoms with Crippen molar-refractivity contribution in [2.24, 2.45) is 12.8 Å². The number of carbonyl (C=O) groups is 1. The third kappa shape index (κ3) is 2.98. The van der Waals surface area contributed by atoms with E-state index in [1.54, 1.807) is 41.9 Å². The lowest BCUT2D eigenvalue weighted by Crippen LogP contribution is -2.24. The standard InChI is InChI=1S/C20H17N7O2S/c1-26-16-14(17-19(26)24-15(30-17)8-13-5-6-22-25-13)9-23-27(20(16)29)10-11-3-2-4-12(7-11)18(21)28/h2-7,9H,8,10H2,1H3,(H2,21,28)(H,22,25). The zero-order chi connectivity index (χ0) is 20.8. The molecule has 0 atom stereocenters. The first-order valence-corrected chi connectivity index (χ1v) is 10.0. The molecule has 30 heavy (non-hydrogen) atoms. The number of aromatic nitrogens is 6. The molecule has 0 aliphatic rings. The Morgan fingerprint density at radius 1 is 1.30 bits per heavy atom. The van der Waals surface area contributed by atoms with Gasteiger partial charge >= 0.3 is 0 Å². The lowest BCUT2D eigenvalue weighted by Gasteiger charge is -2.07. The van der Waals surface area contributed by atoms with Crippen LogP contribution in [-0.4, -0.2) is 35.4 Å². The molecule has 1 amide bonds. The van der Waals surface area contributed by atoms with E-state index < -0.39 is 5.91 Å². The minimum atomic E-state index is -0.507. The highest BCUT2D eigenvalue weighted by Gasteiger charge is 2.18. The smallest absolute Gasteiger partial charge is 0.291 e. The van der Waals surface area contributed by atoms with Gasteiger partial charge in [0.15, 0.2) is 5.65 Å². The second-order valence-electron chi connectivity index (χ2n) is 7.00. The number of rotatable bonds is 5. The Labute approximate surface area is 173 Å². The largest absolute Gasteiger partial charge is 0.366 e. The molecule has 0 radical (unpaired) electrons. The fourth-order valence-corrected chi connectivity index (χ4v) is 4.68. The SMILES string of the molecule is Cn1c2nc(Cc3cc[nH]n3)sc2c2cnn(Cc3cccc(C(N)=O)c3)c(=O)c21. The van der Waals surface area contributed by atoms with Crippen LogP contribution >= 0.6 is 11.3 Å². The number of nitrogens with two attached hydrogens (primary N) is 1. The molecule has 0 aliphatic carbocycles. The molecule has 0 bridgehead atoms. The van der Waals surface area contributed by atoms with Gasteiger partial charge in [-0.05, 0) is 23.8 Å². The number of amides is 1. The van der Waals surface area contributed by atoms with Crippen LogP contribution in [0.4, 0.5) is 0 Å². The van der Waals surface area contributed by atoms with Crippen molar-refractivity contribution in [2.45, 2.75) is 13.0 Å². The molecule has 4 heterocycles. The molecule has 5 aromatic rings. The predicted molar refractivity (Wildman–Crippen MR) is 114 cm³/mol. The van der Waals surface area contributed by atoms with Gasteiger partial charge in [0, 0.05) is 30.6 Å². The summed E-state index contributed by atoms with van der Waals surface area (Å²) >= 11 is 1.54. The van der Waals surface area contributed by atoms with Crippen LogP contribution in [0.5, 0.6) is 0 Å². The van der Waals surface area contributed by atoms with Gasteiger partial charge < -0.3 is 10.3 Å². The van der Waals surface area contributed by atoms with Gasteiger partial charge in [0.1, 0.15) is 10.5 Å². The number of aryl methyl sites for hydroxylation is 1. The van der Waals surface area contributed by atoms with Crippen molar-refractivity contribution in [2.75, 3.05) is 0 Å². The summed E-state index contributed by atoms with van der Waals surface area (Å²) in [6, 6.07) is 8.80. The number of nitrogens with zero attached hydrogens (tertiary/aromatic N) is 5. The normalized spacial score (nSPS) is 11.5. The Bertz CT molecular complexity index is 1460. The summed E-state index contributed by atoms with van der Waals surface area (Å²) in [5.74, 6) is -0.507. The Hall–Kier alpha value is -3.79. The summed E-state index contributed by atoms with van der Waals surface area (Å²) in [6.45, 7) is 0.243. The number of fused-ring (bicyclic) bond motifs is 3. The van der Waals surface area contributed by atoms with E-state index in [9.17, 15) is 9.59 Å².